The van der Waals surface area contributed by atoms with Crippen molar-refractivity contribution in [3.05, 3.63) is 56.7 Å². The second kappa shape index (κ2) is 5.87. The van der Waals surface area contributed by atoms with Gasteiger partial charge in [0.1, 0.15) is 11.9 Å². The molecule has 3 rings (SSSR count). The number of nitrogens with one attached hydrogen (secondary N) is 1. The van der Waals surface area contributed by atoms with E-state index in [1.807, 2.05) is 32.6 Å². The van der Waals surface area contributed by atoms with Crippen molar-refractivity contribution in [3.63, 3.8) is 0 Å². The molecule has 20 heavy (non-hydrogen) atoms. The van der Waals surface area contributed by atoms with Crippen LogP contribution < -0.4 is 5.32 Å². The summed E-state index contributed by atoms with van der Waals surface area (Å²) in [4.78, 5) is 11.3. The number of hydrogen-bond donors (Lipinski definition) is 1. The smallest absolute Gasteiger partial charge is 0.131 e. The van der Waals surface area contributed by atoms with Crippen LogP contribution in [0.2, 0.25) is 0 Å². The third-order valence-corrected chi connectivity index (χ3v) is 4.94. The van der Waals surface area contributed by atoms with E-state index in [-0.39, 0.29) is 6.04 Å². The number of hydrogen-bond acceptors (Lipinski definition) is 5. The van der Waals surface area contributed by atoms with Crippen LogP contribution in [0, 0.1) is 6.92 Å². The van der Waals surface area contributed by atoms with E-state index in [4.69, 9.17) is 0 Å². The van der Waals surface area contributed by atoms with E-state index in [1.165, 1.54) is 9.75 Å². The normalized spacial score (nSPS) is 12.7. The fraction of sp³-hybridized carbons (Fsp3) is 0.286. The predicted molar refractivity (Wildman–Crippen MR) is 83.1 cm³/mol. The van der Waals surface area contributed by atoms with Gasteiger partial charge in [0.2, 0.25) is 0 Å². The maximum absolute atomic E-state index is 4.48. The molecule has 0 aliphatic heterocycles. The molecule has 0 radical (unpaired) electrons. The summed E-state index contributed by atoms with van der Waals surface area (Å²) in [6.07, 6.45) is 5.76. The van der Waals surface area contributed by atoms with Gasteiger partial charge in [0.15, 0.2) is 0 Å². The van der Waals surface area contributed by atoms with Crippen molar-refractivity contribution < 1.29 is 0 Å². The number of imidazole rings is 1. The van der Waals surface area contributed by atoms with E-state index >= 15 is 0 Å². The molecular formula is C14H16N4S2. The van der Waals surface area contributed by atoms with Gasteiger partial charge in [0.05, 0.1) is 5.01 Å². The zero-order valence-corrected chi connectivity index (χ0v) is 13.0. The van der Waals surface area contributed by atoms with Crippen LogP contribution in [-0.4, -0.2) is 14.5 Å². The summed E-state index contributed by atoms with van der Waals surface area (Å²) < 4.78 is 2.06. The monoisotopic (exact) mass is 304 g/mol. The van der Waals surface area contributed by atoms with Crippen LogP contribution in [0.1, 0.15) is 26.6 Å². The maximum Gasteiger partial charge on any atom is 0.131 e. The standard InChI is InChI=1S/C14H16N4S2/c1-10-16-8-11(20-10)9-17-13(12-4-3-7-19-12)14-15-5-6-18(14)2/h3-8,13,17H,9H2,1-2H3. The van der Waals surface area contributed by atoms with Gasteiger partial charge in [-0.05, 0) is 18.4 Å². The molecule has 1 atom stereocenters. The fourth-order valence-electron chi connectivity index (χ4n) is 2.12. The topological polar surface area (TPSA) is 42.7 Å². The average Bonchev–Trinajstić information content (AvgIpc) is 3.14. The second-order valence-corrected chi connectivity index (χ2v) is 6.87. The molecule has 0 saturated carbocycles. The van der Waals surface area contributed by atoms with Gasteiger partial charge in [-0.15, -0.1) is 22.7 Å². The summed E-state index contributed by atoms with van der Waals surface area (Å²) in [5, 5.41) is 6.80. The van der Waals surface area contributed by atoms with Crippen molar-refractivity contribution in [1.29, 1.82) is 0 Å². The Balaban J connectivity index is 1.81. The molecule has 3 aromatic heterocycles. The van der Waals surface area contributed by atoms with E-state index in [2.05, 4.69) is 37.4 Å². The van der Waals surface area contributed by atoms with E-state index in [0.29, 0.717) is 0 Å². The van der Waals surface area contributed by atoms with Crippen LogP contribution in [0.3, 0.4) is 0 Å². The van der Waals surface area contributed by atoms with E-state index < -0.39 is 0 Å². The first kappa shape index (κ1) is 13.5. The Morgan fingerprint density at radius 1 is 1.40 bits per heavy atom. The van der Waals surface area contributed by atoms with Crippen LogP contribution in [0.5, 0.6) is 0 Å². The molecule has 0 bridgehead atoms. The van der Waals surface area contributed by atoms with Crippen molar-refractivity contribution in [1.82, 2.24) is 19.9 Å². The molecule has 0 aliphatic carbocycles. The molecule has 3 aromatic rings. The molecule has 0 fully saturated rings. The lowest BCUT2D eigenvalue weighted by Crippen LogP contribution is -2.23. The minimum absolute atomic E-state index is 0.123. The van der Waals surface area contributed by atoms with Gasteiger partial charge in [-0.2, -0.15) is 0 Å². The van der Waals surface area contributed by atoms with E-state index in [0.717, 1.165) is 17.4 Å². The highest BCUT2D eigenvalue weighted by Gasteiger charge is 2.19. The zero-order valence-electron chi connectivity index (χ0n) is 11.4. The van der Waals surface area contributed by atoms with Gasteiger partial charge < -0.3 is 4.57 Å². The SMILES string of the molecule is Cc1ncc(CNC(c2cccs2)c2nccn2C)s1. The quantitative estimate of drug-likeness (QED) is 0.787. The first-order chi connectivity index (χ1) is 9.74. The highest BCUT2D eigenvalue weighted by molar-refractivity contribution is 7.11. The third kappa shape index (κ3) is 2.82. The number of nitrogens with zero attached hydrogens (tertiary/aromatic N) is 3. The highest BCUT2D eigenvalue weighted by Crippen LogP contribution is 2.25. The Hall–Kier alpha value is -1.50. The van der Waals surface area contributed by atoms with Gasteiger partial charge in [0, 0.05) is 41.9 Å². The first-order valence-corrected chi connectivity index (χ1v) is 8.09. The minimum Gasteiger partial charge on any atom is -0.336 e. The lowest BCUT2D eigenvalue weighted by atomic mass is 10.2. The molecule has 6 heteroatoms. The van der Waals surface area contributed by atoms with Gasteiger partial charge in [-0.1, -0.05) is 6.07 Å². The summed E-state index contributed by atoms with van der Waals surface area (Å²) in [5.74, 6) is 1.04. The largest absolute Gasteiger partial charge is 0.336 e. The Bertz CT molecular complexity index is 669. The number of rotatable bonds is 5. The third-order valence-electron chi connectivity index (χ3n) is 3.09. The fourth-order valence-corrected chi connectivity index (χ4v) is 3.66. The number of thiazole rings is 1. The van der Waals surface area contributed by atoms with Crippen molar-refractivity contribution in [2.45, 2.75) is 19.5 Å². The van der Waals surface area contributed by atoms with Crippen molar-refractivity contribution in [2.24, 2.45) is 7.05 Å². The Morgan fingerprint density at radius 2 is 2.30 bits per heavy atom. The van der Waals surface area contributed by atoms with Crippen molar-refractivity contribution in [3.8, 4) is 0 Å². The molecule has 4 nitrogen and oxygen atoms in total. The number of thiophene rings is 1. The van der Waals surface area contributed by atoms with Crippen LogP contribution in [0.15, 0.2) is 36.1 Å². The van der Waals surface area contributed by atoms with Crippen molar-refractivity contribution in [2.75, 3.05) is 0 Å². The van der Waals surface area contributed by atoms with Gasteiger partial charge >= 0.3 is 0 Å². The summed E-state index contributed by atoms with van der Waals surface area (Å²) in [5.41, 5.74) is 0. The van der Waals surface area contributed by atoms with Crippen LogP contribution >= 0.6 is 22.7 Å². The lowest BCUT2D eigenvalue weighted by molar-refractivity contribution is 0.568. The van der Waals surface area contributed by atoms with Gasteiger partial charge in [0.25, 0.3) is 0 Å². The zero-order chi connectivity index (χ0) is 13.9. The number of aryl methyl sites for hydroxylation is 2. The average molecular weight is 304 g/mol. The molecular weight excluding hydrogens is 288 g/mol. The Morgan fingerprint density at radius 3 is 2.90 bits per heavy atom. The molecule has 0 saturated heterocycles. The van der Waals surface area contributed by atoms with Gasteiger partial charge in [-0.3, -0.25) is 5.32 Å². The summed E-state index contributed by atoms with van der Waals surface area (Å²) >= 11 is 3.48. The van der Waals surface area contributed by atoms with E-state index in [9.17, 15) is 0 Å². The van der Waals surface area contributed by atoms with Gasteiger partial charge in [-0.25, -0.2) is 9.97 Å². The van der Waals surface area contributed by atoms with Crippen LogP contribution in [0.4, 0.5) is 0 Å². The lowest BCUT2D eigenvalue weighted by Gasteiger charge is -2.16. The first-order valence-electron chi connectivity index (χ1n) is 6.39. The molecule has 0 aromatic carbocycles. The van der Waals surface area contributed by atoms with E-state index in [1.54, 1.807) is 22.7 Å². The summed E-state index contributed by atoms with van der Waals surface area (Å²) in [6, 6.07) is 4.35. The molecule has 104 valence electrons. The summed E-state index contributed by atoms with van der Waals surface area (Å²) in [6.45, 7) is 2.84. The molecule has 1 unspecified atom stereocenters. The Labute approximate surface area is 126 Å². The number of aromatic nitrogens is 3. The molecule has 0 aliphatic rings. The van der Waals surface area contributed by atoms with Crippen LogP contribution in [0.25, 0.3) is 0 Å². The van der Waals surface area contributed by atoms with Crippen molar-refractivity contribution >= 4 is 22.7 Å². The van der Waals surface area contributed by atoms with Crippen LogP contribution in [-0.2, 0) is 13.6 Å². The highest BCUT2D eigenvalue weighted by atomic mass is 32.1. The molecule has 0 spiro atoms. The Kier molecular flexibility index (Phi) is 3.95. The molecule has 1 N–H and O–H groups in total. The molecule has 3 heterocycles. The maximum atomic E-state index is 4.48. The molecule has 0 amide bonds. The predicted octanol–water partition coefficient (Wildman–Crippen LogP) is 3.13. The summed E-state index contributed by atoms with van der Waals surface area (Å²) in [7, 11) is 2.03. The second-order valence-electron chi connectivity index (χ2n) is 4.57. The minimum atomic E-state index is 0.123.